The van der Waals surface area contributed by atoms with Crippen molar-refractivity contribution in [2.45, 2.75) is 43.7 Å². The number of hydrogen-bond donors (Lipinski definition) is 1. The summed E-state index contributed by atoms with van der Waals surface area (Å²) in [6, 6.07) is 3.22. The second kappa shape index (κ2) is 5.89. The number of fused-ring (bicyclic) bond motifs is 1. The standard InChI is InChI=1S/C15H19N3O3S/c1-10(11-4-7-16-8-5-11)21-17-14(20)12-9-22-15(2)6-3-13(19)18(12)15/h4-5,7-8,10,12H,3,6,9H2,1-2H3,(H,17,20)/t10-,12-,15-/m0/s1. The first kappa shape index (κ1) is 15.3. The van der Waals surface area contributed by atoms with Gasteiger partial charge in [-0.1, -0.05) is 0 Å². The molecular weight excluding hydrogens is 302 g/mol. The van der Waals surface area contributed by atoms with Gasteiger partial charge in [-0.15, -0.1) is 11.8 Å². The number of nitrogens with one attached hydrogen (secondary N) is 1. The first-order valence-corrected chi connectivity index (χ1v) is 8.31. The topological polar surface area (TPSA) is 71.5 Å². The third kappa shape index (κ3) is 2.70. The minimum atomic E-state index is -0.449. The maximum absolute atomic E-state index is 12.4. The highest BCUT2D eigenvalue weighted by Crippen LogP contribution is 2.47. The molecule has 0 aliphatic carbocycles. The van der Waals surface area contributed by atoms with Gasteiger partial charge in [0.25, 0.3) is 5.91 Å². The maximum atomic E-state index is 12.4. The van der Waals surface area contributed by atoms with E-state index >= 15 is 0 Å². The lowest BCUT2D eigenvalue weighted by Gasteiger charge is -2.29. The van der Waals surface area contributed by atoms with E-state index in [9.17, 15) is 9.59 Å². The smallest absolute Gasteiger partial charge is 0.267 e. The van der Waals surface area contributed by atoms with E-state index in [2.05, 4.69) is 10.5 Å². The van der Waals surface area contributed by atoms with Crippen molar-refractivity contribution in [2.24, 2.45) is 0 Å². The van der Waals surface area contributed by atoms with Gasteiger partial charge in [-0.25, -0.2) is 5.48 Å². The van der Waals surface area contributed by atoms with Crippen molar-refractivity contribution in [1.29, 1.82) is 0 Å². The molecule has 118 valence electrons. The lowest BCUT2D eigenvalue weighted by Crippen LogP contribution is -2.50. The minimum absolute atomic E-state index is 0.0508. The van der Waals surface area contributed by atoms with Crippen molar-refractivity contribution >= 4 is 23.6 Å². The molecule has 2 fully saturated rings. The van der Waals surface area contributed by atoms with Crippen LogP contribution in [0.25, 0.3) is 0 Å². The Hall–Kier alpha value is -1.60. The molecule has 6 nitrogen and oxygen atoms in total. The quantitative estimate of drug-likeness (QED) is 0.854. The molecule has 1 N–H and O–H groups in total. The molecule has 7 heteroatoms. The summed E-state index contributed by atoms with van der Waals surface area (Å²) in [6.45, 7) is 3.88. The SMILES string of the molecule is C[C@H](ONC(=O)[C@@H]1CS[C@@]2(C)CCC(=O)N12)c1ccncc1. The van der Waals surface area contributed by atoms with Crippen LogP contribution >= 0.6 is 11.8 Å². The fourth-order valence-corrected chi connectivity index (χ4v) is 4.36. The largest absolute Gasteiger partial charge is 0.315 e. The van der Waals surface area contributed by atoms with Crippen LogP contribution in [0.3, 0.4) is 0 Å². The Morgan fingerprint density at radius 1 is 1.55 bits per heavy atom. The van der Waals surface area contributed by atoms with Crippen LogP contribution in [0, 0.1) is 0 Å². The van der Waals surface area contributed by atoms with Gasteiger partial charge >= 0.3 is 0 Å². The van der Waals surface area contributed by atoms with Crippen LogP contribution in [-0.4, -0.2) is 38.4 Å². The van der Waals surface area contributed by atoms with Crippen LogP contribution in [0.2, 0.25) is 0 Å². The predicted octanol–water partition coefficient (Wildman–Crippen LogP) is 1.64. The Morgan fingerprint density at radius 3 is 3.00 bits per heavy atom. The van der Waals surface area contributed by atoms with Crippen molar-refractivity contribution in [2.75, 3.05) is 5.75 Å². The molecule has 22 heavy (non-hydrogen) atoms. The van der Waals surface area contributed by atoms with E-state index in [0.717, 1.165) is 12.0 Å². The molecule has 0 spiro atoms. The molecule has 1 aromatic rings. The number of nitrogens with zero attached hydrogens (tertiary/aromatic N) is 2. The third-order valence-corrected chi connectivity index (χ3v) is 5.76. The predicted molar refractivity (Wildman–Crippen MR) is 82.6 cm³/mol. The van der Waals surface area contributed by atoms with Crippen LogP contribution in [0.1, 0.15) is 38.4 Å². The first-order valence-electron chi connectivity index (χ1n) is 7.33. The molecule has 0 aromatic carbocycles. The second-order valence-electron chi connectivity index (χ2n) is 5.77. The van der Waals surface area contributed by atoms with Gasteiger partial charge in [0.15, 0.2) is 0 Å². The van der Waals surface area contributed by atoms with Gasteiger partial charge in [-0.3, -0.25) is 19.4 Å². The van der Waals surface area contributed by atoms with E-state index in [1.165, 1.54) is 0 Å². The number of rotatable bonds is 4. The van der Waals surface area contributed by atoms with Crippen LogP contribution in [-0.2, 0) is 14.4 Å². The molecule has 2 saturated heterocycles. The van der Waals surface area contributed by atoms with Crippen LogP contribution in [0.15, 0.2) is 24.5 Å². The van der Waals surface area contributed by atoms with Gasteiger partial charge < -0.3 is 4.90 Å². The summed E-state index contributed by atoms with van der Waals surface area (Å²) >= 11 is 1.67. The average molecular weight is 321 g/mol. The van der Waals surface area contributed by atoms with E-state index in [-0.39, 0.29) is 22.8 Å². The van der Waals surface area contributed by atoms with Crippen molar-refractivity contribution in [3.8, 4) is 0 Å². The highest BCUT2D eigenvalue weighted by atomic mass is 32.2. The number of pyridine rings is 1. The summed E-state index contributed by atoms with van der Waals surface area (Å²) < 4.78 is 0. The van der Waals surface area contributed by atoms with Crippen molar-refractivity contribution in [1.82, 2.24) is 15.4 Å². The molecule has 0 radical (unpaired) electrons. The summed E-state index contributed by atoms with van der Waals surface area (Å²) in [5.41, 5.74) is 3.44. The highest BCUT2D eigenvalue weighted by molar-refractivity contribution is 8.01. The van der Waals surface area contributed by atoms with Crippen LogP contribution in [0.5, 0.6) is 0 Å². The Balaban J connectivity index is 1.60. The Labute approximate surface area is 133 Å². The highest BCUT2D eigenvalue weighted by Gasteiger charge is 2.53. The van der Waals surface area contributed by atoms with Gasteiger partial charge in [-0.05, 0) is 38.0 Å². The molecule has 2 aliphatic rings. The summed E-state index contributed by atoms with van der Waals surface area (Å²) in [5, 5.41) is 0. The maximum Gasteiger partial charge on any atom is 0.267 e. The summed E-state index contributed by atoms with van der Waals surface area (Å²) in [4.78, 5) is 35.2. The summed E-state index contributed by atoms with van der Waals surface area (Å²) in [7, 11) is 0. The Bertz CT molecular complexity index is 583. The van der Waals surface area contributed by atoms with E-state index in [4.69, 9.17) is 4.84 Å². The second-order valence-corrected chi connectivity index (χ2v) is 7.27. The Kier molecular flexibility index (Phi) is 4.10. The molecular formula is C15H19N3O3S. The van der Waals surface area contributed by atoms with Crippen molar-refractivity contribution in [3.63, 3.8) is 0 Å². The van der Waals surface area contributed by atoms with Crippen LogP contribution in [0.4, 0.5) is 0 Å². The fraction of sp³-hybridized carbons (Fsp3) is 0.533. The summed E-state index contributed by atoms with van der Waals surface area (Å²) in [6.07, 6.45) is 4.40. The van der Waals surface area contributed by atoms with E-state index in [0.29, 0.717) is 12.2 Å². The van der Waals surface area contributed by atoms with Gasteiger partial charge in [0, 0.05) is 24.6 Å². The van der Waals surface area contributed by atoms with Gasteiger partial charge in [0.1, 0.15) is 12.1 Å². The molecule has 3 rings (SSSR count). The first-order chi connectivity index (χ1) is 10.5. The van der Waals surface area contributed by atoms with E-state index in [1.807, 2.05) is 26.0 Å². The number of hydrogen-bond acceptors (Lipinski definition) is 5. The molecule has 1 aromatic heterocycles. The van der Waals surface area contributed by atoms with Gasteiger partial charge in [0.2, 0.25) is 5.91 Å². The van der Waals surface area contributed by atoms with Crippen LogP contribution < -0.4 is 5.48 Å². The zero-order valence-electron chi connectivity index (χ0n) is 12.6. The zero-order valence-corrected chi connectivity index (χ0v) is 13.4. The number of hydroxylamine groups is 1. The number of carbonyl (C=O) groups excluding carboxylic acids is 2. The third-order valence-electron chi connectivity index (χ3n) is 4.26. The monoisotopic (exact) mass is 321 g/mol. The molecule has 2 aliphatic heterocycles. The van der Waals surface area contributed by atoms with Gasteiger partial charge in [0.05, 0.1) is 4.87 Å². The van der Waals surface area contributed by atoms with Crippen molar-refractivity contribution in [3.05, 3.63) is 30.1 Å². The normalized spacial score (nSPS) is 28.5. The number of thioether (sulfide) groups is 1. The minimum Gasteiger partial charge on any atom is -0.315 e. The zero-order chi connectivity index (χ0) is 15.7. The lowest BCUT2D eigenvalue weighted by atomic mass is 10.2. The summed E-state index contributed by atoms with van der Waals surface area (Å²) in [5.74, 6) is 0.406. The van der Waals surface area contributed by atoms with E-state index < -0.39 is 6.04 Å². The van der Waals surface area contributed by atoms with E-state index in [1.54, 1.807) is 29.1 Å². The molecule has 0 bridgehead atoms. The molecule has 0 unspecified atom stereocenters. The molecule has 3 atom stereocenters. The number of carbonyl (C=O) groups is 2. The molecule has 3 heterocycles. The molecule has 2 amide bonds. The fourth-order valence-electron chi connectivity index (χ4n) is 2.93. The lowest BCUT2D eigenvalue weighted by molar-refractivity contribution is -0.148. The van der Waals surface area contributed by atoms with Crippen molar-refractivity contribution < 1.29 is 14.4 Å². The van der Waals surface area contributed by atoms with Gasteiger partial charge in [-0.2, -0.15) is 0 Å². The average Bonchev–Trinajstić information content (AvgIpc) is 3.02. The number of aromatic nitrogens is 1. The number of amides is 2. The molecule has 0 saturated carbocycles. The Morgan fingerprint density at radius 2 is 2.27 bits per heavy atom.